The van der Waals surface area contributed by atoms with E-state index in [9.17, 15) is 4.79 Å². The molecule has 0 amide bonds. The Kier molecular flexibility index (Phi) is 4.36. The van der Waals surface area contributed by atoms with Crippen molar-refractivity contribution in [2.24, 2.45) is 18.9 Å². The molecule has 0 saturated heterocycles. The predicted octanol–water partition coefficient (Wildman–Crippen LogP) is 1.05. The van der Waals surface area contributed by atoms with Crippen LogP contribution in [0.15, 0.2) is 12.4 Å². The van der Waals surface area contributed by atoms with Gasteiger partial charge in [-0.3, -0.25) is 9.48 Å². The first-order chi connectivity index (χ1) is 8.66. The van der Waals surface area contributed by atoms with Crippen LogP contribution in [0.1, 0.15) is 24.8 Å². The molecule has 100 valence electrons. The molecule has 0 radical (unpaired) electrons. The lowest BCUT2D eigenvalue weighted by Crippen LogP contribution is -2.30. The average molecular weight is 251 g/mol. The van der Waals surface area contributed by atoms with E-state index in [0.717, 1.165) is 38.8 Å². The maximum Gasteiger partial charge on any atom is 0.306 e. The molecule has 0 bridgehead atoms. The quantitative estimate of drug-likeness (QED) is 0.742. The van der Waals surface area contributed by atoms with Crippen molar-refractivity contribution in [3.8, 4) is 0 Å². The highest BCUT2D eigenvalue weighted by Crippen LogP contribution is 2.31. The van der Waals surface area contributed by atoms with E-state index in [0.29, 0.717) is 5.92 Å². The Hall–Kier alpha value is -1.36. The maximum absolute atomic E-state index is 11.0. The minimum Gasteiger partial charge on any atom is -0.481 e. The van der Waals surface area contributed by atoms with Crippen LogP contribution >= 0.6 is 0 Å². The van der Waals surface area contributed by atoms with Crippen LogP contribution in [0.5, 0.6) is 0 Å². The highest BCUT2D eigenvalue weighted by Gasteiger charge is 2.32. The summed E-state index contributed by atoms with van der Waals surface area (Å²) in [4.78, 5) is 11.0. The topological polar surface area (TPSA) is 67.2 Å². The van der Waals surface area contributed by atoms with Crippen LogP contribution in [0.4, 0.5) is 0 Å². The van der Waals surface area contributed by atoms with Crippen molar-refractivity contribution < 1.29 is 9.90 Å². The Bertz CT molecular complexity index is 403. The van der Waals surface area contributed by atoms with Crippen LogP contribution in [0.2, 0.25) is 0 Å². The Morgan fingerprint density at radius 2 is 2.44 bits per heavy atom. The van der Waals surface area contributed by atoms with Crippen molar-refractivity contribution in [2.75, 3.05) is 13.1 Å². The normalized spacial score (nSPS) is 23.4. The second-order valence-electron chi connectivity index (χ2n) is 5.11. The number of aromatic nitrogens is 2. The zero-order chi connectivity index (χ0) is 13.0. The van der Waals surface area contributed by atoms with Crippen LogP contribution < -0.4 is 5.32 Å². The minimum absolute atomic E-state index is 0.143. The van der Waals surface area contributed by atoms with Crippen LogP contribution in [0.3, 0.4) is 0 Å². The summed E-state index contributed by atoms with van der Waals surface area (Å²) in [6.07, 6.45) is 7.75. The summed E-state index contributed by atoms with van der Waals surface area (Å²) in [5.41, 5.74) is 1.21. The van der Waals surface area contributed by atoms with Crippen molar-refractivity contribution >= 4 is 5.97 Å². The van der Waals surface area contributed by atoms with Gasteiger partial charge in [-0.15, -0.1) is 0 Å². The third-order valence-corrected chi connectivity index (χ3v) is 3.73. The average Bonchev–Trinajstić information content (AvgIpc) is 2.93. The SMILES string of the molecule is Cn1cc(CCNCC2CCCC2C(=O)O)cn1. The first-order valence-electron chi connectivity index (χ1n) is 6.58. The number of hydrogen-bond acceptors (Lipinski definition) is 3. The van der Waals surface area contributed by atoms with Gasteiger partial charge >= 0.3 is 5.97 Å². The van der Waals surface area contributed by atoms with E-state index in [-0.39, 0.29) is 5.92 Å². The lowest BCUT2D eigenvalue weighted by atomic mass is 9.96. The van der Waals surface area contributed by atoms with Gasteiger partial charge in [0.2, 0.25) is 0 Å². The van der Waals surface area contributed by atoms with E-state index in [1.165, 1.54) is 5.56 Å². The molecule has 5 nitrogen and oxygen atoms in total. The first kappa shape index (κ1) is 13.1. The number of carboxylic acids is 1. The Morgan fingerprint density at radius 1 is 1.61 bits per heavy atom. The van der Waals surface area contributed by atoms with Crippen molar-refractivity contribution in [1.82, 2.24) is 15.1 Å². The largest absolute Gasteiger partial charge is 0.481 e. The summed E-state index contributed by atoms with van der Waals surface area (Å²) in [7, 11) is 1.91. The number of carbonyl (C=O) groups is 1. The number of hydrogen-bond donors (Lipinski definition) is 2. The number of carboxylic acid groups (broad SMARTS) is 1. The van der Waals surface area contributed by atoms with Crippen LogP contribution in [0, 0.1) is 11.8 Å². The molecule has 1 saturated carbocycles. The van der Waals surface area contributed by atoms with Gasteiger partial charge in [0.25, 0.3) is 0 Å². The van der Waals surface area contributed by atoms with Gasteiger partial charge in [0.05, 0.1) is 12.1 Å². The predicted molar refractivity (Wildman–Crippen MR) is 68.2 cm³/mol. The Balaban J connectivity index is 1.67. The van der Waals surface area contributed by atoms with Gasteiger partial charge < -0.3 is 10.4 Å². The van der Waals surface area contributed by atoms with Gasteiger partial charge in [0.1, 0.15) is 0 Å². The molecule has 2 rings (SSSR count). The van der Waals surface area contributed by atoms with E-state index in [1.807, 2.05) is 19.4 Å². The summed E-state index contributed by atoms with van der Waals surface area (Å²) in [5.74, 6) is -0.473. The van der Waals surface area contributed by atoms with Crippen molar-refractivity contribution in [1.29, 1.82) is 0 Å². The molecule has 1 fully saturated rings. The number of aryl methyl sites for hydroxylation is 1. The number of rotatable bonds is 6. The van der Waals surface area contributed by atoms with Gasteiger partial charge in [0, 0.05) is 13.2 Å². The first-order valence-corrected chi connectivity index (χ1v) is 6.58. The van der Waals surface area contributed by atoms with E-state index >= 15 is 0 Å². The van der Waals surface area contributed by atoms with Crippen molar-refractivity contribution in [3.05, 3.63) is 18.0 Å². The standard InChI is InChI=1S/C13H21N3O2/c1-16-9-10(7-15-16)5-6-14-8-11-3-2-4-12(11)13(17)18/h7,9,11-12,14H,2-6,8H2,1H3,(H,17,18). The third kappa shape index (κ3) is 3.32. The summed E-state index contributed by atoms with van der Waals surface area (Å²) in [6, 6.07) is 0. The lowest BCUT2D eigenvalue weighted by Gasteiger charge is -2.16. The molecule has 2 N–H and O–H groups in total. The third-order valence-electron chi connectivity index (χ3n) is 3.73. The fraction of sp³-hybridized carbons (Fsp3) is 0.692. The maximum atomic E-state index is 11.0. The van der Waals surface area contributed by atoms with Crippen LogP contribution in [-0.2, 0) is 18.3 Å². The zero-order valence-corrected chi connectivity index (χ0v) is 10.8. The fourth-order valence-electron chi connectivity index (χ4n) is 2.73. The molecule has 2 atom stereocenters. The molecule has 5 heteroatoms. The van der Waals surface area contributed by atoms with E-state index in [2.05, 4.69) is 10.4 Å². The van der Waals surface area contributed by atoms with Gasteiger partial charge in [0.15, 0.2) is 0 Å². The highest BCUT2D eigenvalue weighted by molar-refractivity contribution is 5.70. The number of aliphatic carboxylic acids is 1. The summed E-state index contributed by atoms with van der Waals surface area (Å²) in [5, 5.41) is 16.6. The van der Waals surface area contributed by atoms with E-state index in [1.54, 1.807) is 4.68 Å². The van der Waals surface area contributed by atoms with Crippen LogP contribution in [-0.4, -0.2) is 33.9 Å². The second kappa shape index (κ2) is 6.00. The minimum atomic E-state index is -0.633. The zero-order valence-electron chi connectivity index (χ0n) is 10.8. The summed E-state index contributed by atoms with van der Waals surface area (Å²) < 4.78 is 1.80. The monoisotopic (exact) mass is 251 g/mol. The molecule has 0 spiro atoms. The fourth-order valence-corrected chi connectivity index (χ4v) is 2.73. The lowest BCUT2D eigenvalue weighted by molar-refractivity contribution is -0.142. The molecular weight excluding hydrogens is 230 g/mol. The van der Waals surface area contributed by atoms with Gasteiger partial charge in [-0.25, -0.2) is 0 Å². The molecule has 18 heavy (non-hydrogen) atoms. The molecule has 0 aliphatic heterocycles. The summed E-state index contributed by atoms with van der Waals surface area (Å²) in [6.45, 7) is 1.70. The van der Waals surface area contributed by atoms with Crippen molar-refractivity contribution in [3.63, 3.8) is 0 Å². The molecule has 2 unspecified atom stereocenters. The molecule has 1 aliphatic rings. The van der Waals surface area contributed by atoms with Crippen molar-refractivity contribution in [2.45, 2.75) is 25.7 Å². The molecule has 1 aromatic rings. The van der Waals surface area contributed by atoms with E-state index < -0.39 is 5.97 Å². The molecule has 1 aliphatic carbocycles. The molecule has 1 heterocycles. The van der Waals surface area contributed by atoms with Gasteiger partial charge in [-0.2, -0.15) is 5.10 Å². The molecule has 1 aromatic heterocycles. The van der Waals surface area contributed by atoms with E-state index in [4.69, 9.17) is 5.11 Å². The molecular formula is C13H21N3O2. The smallest absolute Gasteiger partial charge is 0.306 e. The molecule has 0 aromatic carbocycles. The Labute approximate surface area is 107 Å². The number of nitrogens with zero attached hydrogens (tertiary/aromatic N) is 2. The summed E-state index contributed by atoms with van der Waals surface area (Å²) >= 11 is 0. The Morgan fingerprint density at radius 3 is 3.11 bits per heavy atom. The van der Waals surface area contributed by atoms with Gasteiger partial charge in [-0.05, 0) is 43.8 Å². The number of nitrogens with one attached hydrogen (secondary N) is 1. The van der Waals surface area contributed by atoms with Crippen LogP contribution in [0.25, 0.3) is 0 Å². The highest BCUT2D eigenvalue weighted by atomic mass is 16.4. The van der Waals surface area contributed by atoms with Gasteiger partial charge in [-0.1, -0.05) is 6.42 Å². The second-order valence-corrected chi connectivity index (χ2v) is 5.11.